The van der Waals surface area contributed by atoms with Crippen molar-refractivity contribution in [3.8, 4) is 0 Å². The highest BCUT2D eigenvalue weighted by Gasteiger charge is 2.30. The summed E-state index contributed by atoms with van der Waals surface area (Å²) in [5.41, 5.74) is 0. The lowest BCUT2D eigenvalue weighted by Crippen LogP contribution is -2.44. The molecule has 4 nitrogen and oxygen atoms in total. The quantitative estimate of drug-likeness (QED) is 0.758. The Kier molecular flexibility index (Phi) is 5.64. The molecule has 1 amide bonds. The summed E-state index contributed by atoms with van der Waals surface area (Å²) < 4.78 is 0. The van der Waals surface area contributed by atoms with E-state index >= 15 is 0 Å². The van der Waals surface area contributed by atoms with E-state index in [1.807, 2.05) is 14.1 Å². The molecule has 0 aromatic carbocycles. The van der Waals surface area contributed by atoms with Gasteiger partial charge >= 0.3 is 0 Å². The zero-order chi connectivity index (χ0) is 13.7. The van der Waals surface area contributed by atoms with Gasteiger partial charge in [0.15, 0.2) is 0 Å². The van der Waals surface area contributed by atoms with Crippen LogP contribution in [0.2, 0.25) is 0 Å². The van der Waals surface area contributed by atoms with Gasteiger partial charge in [0.25, 0.3) is 0 Å². The number of nitrogens with one attached hydrogen (secondary N) is 1. The Balaban J connectivity index is 1.69. The molecule has 1 saturated heterocycles. The third kappa shape index (κ3) is 5.11. The lowest BCUT2D eigenvalue weighted by molar-refractivity contribution is -0.128. The molecule has 1 saturated carbocycles. The van der Waals surface area contributed by atoms with Crippen molar-refractivity contribution in [2.45, 2.75) is 57.0 Å². The number of carbonyl (C=O) groups excluding carboxylic acids is 1. The van der Waals surface area contributed by atoms with Gasteiger partial charge in [0.2, 0.25) is 5.91 Å². The summed E-state index contributed by atoms with van der Waals surface area (Å²) >= 11 is 0. The summed E-state index contributed by atoms with van der Waals surface area (Å²) in [7, 11) is 3.68. The first-order valence-corrected chi connectivity index (χ1v) is 7.84. The molecular formula is C15H29N3O. The Morgan fingerprint density at radius 1 is 1.21 bits per heavy atom. The molecule has 1 atom stereocenters. The monoisotopic (exact) mass is 267 g/mol. The zero-order valence-electron chi connectivity index (χ0n) is 12.5. The SMILES string of the molecule is CN(C)C(=O)CCCN(CC1CCCCN1)C1CC1. The highest BCUT2D eigenvalue weighted by molar-refractivity contribution is 5.75. The number of hydrogen-bond donors (Lipinski definition) is 1. The average molecular weight is 267 g/mol. The minimum Gasteiger partial charge on any atom is -0.349 e. The predicted molar refractivity (Wildman–Crippen MR) is 78.2 cm³/mol. The van der Waals surface area contributed by atoms with Crippen LogP contribution in [0.5, 0.6) is 0 Å². The van der Waals surface area contributed by atoms with Crippen LogP contribution in [0.1, 0.15) is 44.9 Å². The number of rotatable bonds is 7. The normalized spacial score (nSPS) is 23.6. The minimum atomic E-state index is 0.256. The van der Waals surface area contributed by atoms with E-state index in [1.165, 1.54) is 45.2 Å². The highest BCUT2D eigenvalue weighted by atomic mass is 16.2. The number of carbonyl (C=O) groups is 1. The van der Waals surface area contributed by atoms with Crippen LogP contribution < -0.4 is 5.32 Å². The van der Waals surface area contributed by atoms with E-state index in [0.29, 0.717) is 12.5 Å². The van der Waals surface area contributed by atoms with Crippen LogP contribution in [-0.4, -0.2) is 61.5 Å². The van der Waals surface area contributed by atoms with Crippen LogP contribution in [0.15, 0.2) is 0 Å². The van der Waals surface area contributed by atoms with Crippen molar-refractivity contribution in [2.24, 2.45) is 0 Å². The van der Waals surface area contributed by atoms with Crippen LogP contribution in [0, 0.1) is 0 Å². The lowest BCUT2D eigenvalue weighted by atomic mass is 10.0. The fourth-order valence-electron chi connectivity index (χ4n) is 2.88. The van der Waals surface area contributed by atoms with Crippen LogP contribution in [0.3, 0.4) is 0 Å². The molecule has 0 aromatic heterocycles. The van der Waals surface area contributed by atoms with Crippen molar-refractivity contribution in [1.82, 2.24) is 15.1 Å². The molecule has 2 aliphatic rings. The van der Waals surface area contributed by atoms with Crippen molar-refractivity contribution in [1.29, 1.82) is 0 Å². The third-order valence-electron chi connectivity index (χ3n) is 4.27. The zero-order valence-corrected chi connectivity index (χ0v) is 12.5. The van der Waals surface area contributed by atoms with Crippen molar-refractivity contribution in [3.63, 3.8) is 0 Å². The maximum atomic E-state index is 11.6. The minimum absolute atomic E-state index is 0.256. The smallest absolute Gasteiger partial charge is 0.222 e. The maximum Gasteiger partial charge on any atom is 0.222 e. The molecule has 0 aromatic rings. The van der Waals surface area contributed by atoms with Gasteiger partial charge in [-0.1, -0.05) is 6.42 Å². The first-order valence-electron chi connectivity index (χ1n) is 7.84. The number of amides is 1. The Labute approximate surface area is 117 Å². The Bertz CT molecular complexity index is 283. The first-order chi connectivity index (χ1) is 9.16. The van der Waals surface area contributed by atoms with Gasteiger partial charge in [0.1, 0.15) is 0 Å². The van der Waals surface area contributed by atoms with Crippen LogP contribution in [0.4, 0.5) is 0 Å². The van der Waals surface area contributed by atoms with E-state index in [1.54, 1.807) is 4.90 Å². The van der Waals surface area contributed by atoms with E-state index in [2.05, 4.69) is 10.2 Å². The van der Waals surface area contributed by atoms with Gasteiger partial charge < -0.3 is 10.2 Å². The van der Waals surface area contributed by atoms with Crippen LogP contribution >= 0.6 is 0 Å². The van der Waals surface area contributed by atoms with Crippen molar-refractivity contribution >= 4 is 5.91 Å². The number of hydrogen-bond acceptors (Lipinski definition) is 3. The molecule has 2 fully saturated rings. The second-order valence-electron chi connectivity index (χ2n) is 6.26. The molecule has 1 aliphatic carbocycles. The summed E-state index contributed by atoms with van der Waals surface area (Å²) in [5, 5.41) is 3.63. The topological polar surface area (TPSA) is 35.6 Å². The van der Waals surface area contributed by atoms with Gasteiger partial charge in [-0.3, -0.25) is 9.69 Å². The molecule has 1 aliphatic heterocycles. The number of nitrogens with zero attached hydrogens (tertiary/aromatic N) is 2. The van der Waals surface area contributed by atoms with Gasteiger partial charge in [0.05, 0.1) is 0 Å². The summed E-state index contributed by atoms with van der Waals surface area (Å²) in [4.78, 5) is 15.9. The van der Waals surface area contributed by atoms with Gasteiger partial charge in [-0.2, -0.15) is 0 Å². The van der Waals surface area contributed by atoms with Gasteiger partial charge in [-0.15, -0.1) is 0 Å². The average Bonchev–Trinajstić information content (AvgIpc) is 3.22. The van der Waals surface area contributed by atoms with E-state index in [4.69, 9.17) is 0 Å². The largest absolute Gasteiger partial charge is 0.349 e. The predicted octanol–water partition coefficient (Wildman–Crippen LogP) is 1.46. The van der Waals surface area contributed by atoms with Gasteiger partial charge in [0, 0.05) is 39.1 Å². The molecule has 0 spiro atoms. The third-order valence-corrected chi connectivity index (χ3v) is 4.27. The second-order valence-corrected chi connectivity index (χ2v) is 6.26. The van der Waals surface area contributed by atoms with Crippen molar-refractivity contribution < 1.29 is 4.79 Å². The Morgan fingerprint density at radius 3 is 2.58 bits per heavy atom. The summed E-state index contributed by atoms with van der Waals surface area (Å²) in [6, 6.07) is 1.48. The van der Waals surface area contributed by atoms with Gasteiger partial charge in [-0.25, -0.2) is 0 Å². The fraction of sp³-hybridized carbons (Fsp3) is 0.933. The van der Waals surface area contributed by atoms with Crippen LogP contribution in [0.25, 0.3) is 0 Å². The lowest BCUT2D eigenvalue weighted by Gasteiger charge is -2.30. The van der Waals surface area contributed by atoms with E-state index < -0.39 is 0 Å². The molecule has 1 unspecified atom stereocenters. The standard InChI is InChI=1S/C15H29N3O/c1-17(2)15(19)7-5-11-18(14-8-9-14)12-13-6-3-4-10-16-13/h13-14,16H,3-12H2,1-2H3. The summed E-state index contributed by atoms with van der Waals surface area (Å²) in [6.07, 6.45) is 8.42. The van der Waals surface area contributed by atoms with E-state index in [-0.39, 0.29) is 5.91 Å². The van der Waals surface area contributed by atoms with Crippen molar-refractivity contribution in [2.75, 3.05) is 33.7 Å². The molecule has 19 heavy (non-hydrogen) atoms. The molecule has 0 radical (unpaired) electrons. The molecule has 1 heterocycles. The Hall–Kier alpha value is -0.610. The fourth-order valence-corrected chi connectivity index (χ4v) is 2.88. The molecule has 110 valence electrons. The Morgan fingerprint density at radius 2 is 2.00 bits per heavy atom. The highest BCUT2D eigenvalue weighted by Crippen LogP contribution is 2.27. The van der Waals surface area contributed by atoms with Crippen molar-refractivity contribution in [3.05, 3.63) is 0 Å². The second kappa shape index (κ2) is 7.25. The molecule has 0 bridgehead atoms. The molecule has 1 N–H and O–H groups in total. The maximum absolute atomic E-state index is 11.6. The molecular weight excluding hydrogens is 238 g/mol. The summed E-state index contributed by atoms with van der Waals surface area (Å²) in [5.74, 6) is 0.256. The van der Waals surface area contributed by atoms with Crippen LogP contribution in [-0.2, 0) is 4.79 Å². The summed E-state index contributed by atoms with van der Waals surface area (Å²) in [6.45, 7) is 3.45. The first kappa shape index (κ1) is 14.8. The van der Waals surface area contributed by atoms with Gasteiger partial charge in [-0.05, 0) is 45.2 Å². The van der Waals surface area contributed by atoms with E-state index in [0.717, 1.165) is 19.0 Å². The molecule has 2 rings (SSSR count). The molecule has 4 heteroatoms. The number of piperidine rings is 1. The van der Waals surface area contributed by atoms with E-state index in [9.17, 15) is 4.79 Å².